The number of anilines is 1. The van der Waals surface area contributed by atoms with Crippen molar-refractivity contribution in [2.24, 2.45) is 0 Å². The Hall–Kier alpha value is -0.410. The summed E-state index contributed by atoms with van der Waals surface area (Å²) in [6, 6.07) is 8.79. The van der Waals surface area contributed by atoms with E-state index in [9.17, 15) is 8.42 Å². The third-order valence-electron chi connectivity index (χ3n) is 2.70. The van der Waals surface area contributed by atoms with Gasteiger partial charge >= 0.3 is 0 Å². The first-order valence-electron chi connectivity index (χ1n) is 6.13. The minimum Gasteiger partial charge on any atom is -0.319 e. The second-order valence-corrected chi connectivity index (χ2v) is 9.15. The minimum atomic E-state index is -3.55. The van der Waals surface area contributed by atoms with Crippen LogP contribution in [0, 0.1) is 0 Å². The number of benzene rings is 1. The van der Waals surface area contributed by atoms with Gasteiger partial charge in [-0.2, -0.15) is 0 Å². The molecular weight excluding hydrogens is 440 g/mol. The molecule has 0 atom stereocenters. The van der Waals surface area contributed by atoms with Crippen molar-refractivity contribution in [3.05, 3.63) is 44.2 Å². The highest BCUT2D eigenvalue weighted by atomic mass is 79.9. The highest BCUT2D eigenvalue weighted by molar-refractivity contribution is 9.11. The number of rotatable bonds is 6. The van der Waals surface area contributed by atoms with Crippen molar-refractivity contribution in [1.29, 1.82) is 0 Å². The molecule has 0 fully saturated rings. The van der Waals surface area contributed by atoms with E-state index in [2.05, 4.69) is 41.9 Å². The molecule has 0 aliphatic heterocycles. The van der Waals surface area contributed by atoms with E-state index in [1.165, 1.54) is 11.3 Å². The molecule has 0 aliphatic rings. The molecule has 0 spiro atoms. The van der Waals surface area contributed by atoms with Gasteiger partial charge < -0.3 is 5.32 Å². The Bertz CT molecular complexity index is 730. The summed E-state index contributed by atoms with van der Waals surface area (Å²) in [5.41, 5.74) is 0.517. The van der Waals surface area contributed by atoms with E-state index in [1.54, 1.807) is 24.3 Å². The molecule has 1 aromatic carbocycles. The van der Waals surface area contributed by atoms with Gasteiger partial charge in [-0.25, -0.2) is 8.42 Å². The Morgan fingerprint density at radius 1 is 1.19 bits per heavy atom. The van der Waals surface area contributed by atoms with Crippen LogP contribution >= 0.6 is 43.2 Å². The Morgan fingerprint density at radius 3 is 2.62 bits per heavy atom. The van der Waals surface area contributed by atoms with Gasteiger partial charge in [0.15, 0.2) is 0 Å². The summed E-state index contributed by atoms with van der Waals surface area (Å²) < 4.78 is 29.2. The molecule has 1 heterocycles. The van der Waals surface area contributed by atoms with Crippen LogP contribution in [0.2, 0.25) is 0 Å². The zero-order chi connectivity index (χ0) is 15.5. The largest absolute Gasteiger partial charge is 0.319 e. The van der Waals surface area contributed by atoms with Gasteiger partial charge in [-0.1, -0.05) is 15.9 Å². The second-order valence-electron chi connectivity index (χ2n) is 4.30. The van der Waals surface area contributed by atoms with Crippen LogP contribution in [0.15, 0.2) is 43.5 Å². The van der Waals surface area contributed by atoms with Crippen LogP contribution in [0.5, 0.6) is 0 Å². The molecule has 0 amide bonds. The number of hydrogen-bond acceptors (Lipinski definition) is 4. The predicted molar refractivity (Wildman–Crippen MR) is 94.6 cm³/mol. The Kier molecular flexibility index (Phi) is 5.84. The van der Waals surface area contributed by atoms with Crippen LogP contribution in [0.25, 0.3) is 0 Å². The molecule has 2 aromatic rings. The topological polar surface area (TPSA) is 58.2 Å². The van der Waals surface area contributed by atoms with Gasteiger partial charge in [0.2, 0.25) is 0 Å². The van der Waals surface area contributed by atoms with Gasteiger partial charge in [0.1, 0.15) is 4.21 Å². The summed E-state index contributed by atoms with van der Waals surface area (Å²) in [7, 11) is -1.68. The van der Waals surface area contributed by atoms with Crippen molar-refractivity contribution >= 4 is 58.9 Å². The molecule has 4 nitrogen and oxygen atoms in total. The zero-order valence-electron chi connectivity index (χ0n) is 11.2. The lowest BCUT2D eigenvalue weighted by molar-refractivity contribution is 0.603. The van der Waals surface area contributed by atoms with E-state index < -0.39 is 10.0 Å². The molecule has 0 saturated carbocycles. The first-order valence-corrected chi connectivity index (χ1v) is 10.0. The maximum atomic E-state index is 12.4. The quantitative estimate of drug-likeness (QED) is 0.698. The Morgan fingerprint density at radius 2 is 1.95 bits per heavy atom. The third-order valence-corrected chi connectivity index (χ3v) is 6.85. The zero-order valence-corrected chi connectivity index (χ0v) is 16.0. The van der Waals surface area contributed by atoms with Crippen LogP contribution < -0.4 is 10.0 Å². The van der Waals surface area contributed by atoms with Gasteiger partial charge in [0.05, 0.1) is 5.69 Å². The van der Waals surface area contributed by atoms with E-state index in [0.29, 0.717) is 14.4 Å². The molecule has 0 unspecified atom stereocenters. The summed E-state index contributed by atoms with van der Waals surface area (Å²) in [4.78, 5) is 1.04. The van der Waals surface area contributed by atoms with Crippen LogP contribution in [-0.2, 0) is 16.4 Å². The van der Waals surface area contributed by atoms with E-state index in [1.807, 2.05) is 13.1 Å². The fourth-order valence-electron chi connectivity index (χ4n) is 1.65. The first kappa shape index (κ1) is 17.0. The molecule has 0 saturated heterocycles. The minimum absolute atomic E-state index is 0.323. The molecular formula is C13H14Br2N2O2S2. The number of thiophene rings is 1. The average molecular weight is 454 g/mol. The first-order chi connectivity index (χ1) is 9.92. The highest BCUT2D eigenvalue weighted by Gasteiger charge is 2.18. The predicted octanol–water partition coefficient (Wildman–Crippen LogP) is 3.84. The van der Waals surface area contributed by atoms with Crippen LogP contribution in [0.3, 0.4) is 0 Å². The van der Waals surface area contributed by atoms with Crippen molar-refractivity contribution < 1.29 is 8.42 Å². The second kappa shape index (κ2) is 7.23. The van der Waals surface area contributed by atoms with E-state index in [4.69, 9.17) is 0 Å². The molecule has 2 N–H and O–H groups in total. The van der Waals surface area contributed by atoms with Crippen LogP contribution in [0.1, 0.15) is 4.88 Å². The molecule has 0 bridgehead atoms. The van der Waals surface area contributed by atoms with Gasteiger partial charge in [-0.15, -0.1) is 11.3 Å². The van der Waals surface area contributed by atoms with Gasteiger partial charge in [0.25, 0.3) is 10.0 Å². The summed E-state index contributed by atoms with van der Waals surface area (Å²) in [6.45, 7) is 0.825. The summed E-state index contributed by atoms with van der Waals surface area (Å²) in [5.74, 6) is 0. The number of hydrogen-bond donors (Lipinski definition) is 2. The molecule has 0 aliphatic carbocycles. The Labute approximate surface area is 145 Å². The SMILES string of the molecule is CNCCc1ccc(S(=O)(=O)Nc2ccc(Br)cc2Br)s1. The smallest absolute Gasteiger partial charge is 0.271 e. The van der Waals surface area contributed by atoms with Crippen LogP contribution in [0.4, 0.5) is 5.69 Å². The molecule has 1 aromatic heterocycles. The van der Waals surface area contributed by atoms with E-state index in [0.717, 1.165) is 22.3 Å². The highest BCUT2D eigenvalue weighted by Crippen LogP contribution is 2.30. The summed E-state index contributed by atoms with van der Waals surface area (Å²) in [6.07, 6.45) is 0.818. The lowest BCUT2D eigenvalue weighted by atomic mass is 10.3. The Balaban J connectivity index is 2.19. The fourth-order valence-corrected chi connectivity index (χ4v) is 5.36. The lowest BCUT2D eigenvalue weighted by Crippen LogP contribution is -2.12. The average Bonchev–Trinajstić information content (AvgIpc) is 2.89. The molecule has 2 rings (SSSR count). The standard InChI is InChI=1S/C13H14Br2N2O2S2/c1-16-7-6-10-3-5-13(20-10)21(18,19)17-12-4-2-9(14)8-11(12)15/h2-5,8,16-17H,6-7H2,1H3. The fraction of sp³-hybridized carbons (Fsp3) is 0.231. The maximum Gasteiger partial charge on any atom is 0.271 e. The molecule has 8 heteroatoms. The molecule has 21 heavy (non-hydrogen) atoms. The summed E-state index contributed by atoms with van der Waals surface area (Å²) >= 11 is 7.98. The molecule has 0 radical (unpaired) electrons. The summed E-state index contributed by atoms with van der Waals surface area (Å²) in [5, 5.41) is 3.05. The van der Waals surface area contributed by atoms with Crippen molar-refractivity contribution in [2.45, 2.75) is 10.6 Å². The van der Waals surface area contributed by atoms with Crippen LogP contribution in [-0.4, -0.2) is 22.0 Å². The van der Waals surface area contributed by atoms with Crippen molar-refractivity contribution in [3.8, 4) is 0 Å². The van der Waals surface area contributed by atoms with Crippen molar-refractivity contribution in [2.75, 3.05) is 18.3 Å². The van der Waals surface area contributed by atoms with Crippen molar-refractivity contribution in [3.63, 3.8) is 0 Å². The van der Waals surface area contributed by atoms with Gasteiger partial charge in [-0.3, -0.25) is 4.72 Å². The van der Waals surface area contributed by atoms with E-state index >= 15 is 0 Å². The normalized spacial score (nSPS) is 11.6. The number of halogens is 2. The van der Waals surface area contributed by atoms with E-state index in [-0.39, 0.29) is 0 Å². The van der Waals surface area contributed by atoms with Gasteiger partial charge in [-0.05, 0) is 66.3 Å². The lowest BCUT2D eigenvalue weighted by Gasteiger charge is -2.08. The number of nitrogens with one attached hydrogen (secondary N) is 2. The number of likely N-dealkylation sites (N-methyl/N-ethyl adjacent to an activating group) is 1. The number of sulfonamides is 1. The molecule has 114 valence electrons. The van der Waals surface area contributed by atoms with Crippen molar-refractivity contribution in [1.82, 2.24) is 5.32 Å². The monoisotopic (exact) mass is 452 g/mol. The maximum absolute atomic E-state index is 12.4. The third kappa shape index (κ3) is 4.53. The van der Waals surface area contributed by atoms with Gasteiger partial charge in [0, 0.05) is 13.8 Å².